The highest BCUT2D eigenvalue weighted by molar-refractivity contribution is 9.10. The first-order valence-corrected chi connectivity index (χ1v) is 14.8. The second-order valence-corrected chi connectivity index (χ2v) is 11.8. The summed E-state index contributed by atoms with van der Waals surface area (Å²) in [6.07, 6.45) is 0. The van der Waals surface area contributed by atoms with Crippen LogP contribution in [0.5, 0.6) is 0 Å². The van der Waals surface area contributed by atoms with Gasteiger partial charge in [-0.05, 0) is 64.0 Å². The fourth-order valence-electron chi connectivity index (χ4n) is 6.79. The lowest BCUT2D eigenvalue weighted by atomic mass is 9.94. The molecule has 0 amide bonds. The van der Waals surface area contributed by atoms with Gasteiger partial charge in [-0.3, -0.25) is 0 Å². The van der Waals surface area contributed by atoms with E-state index in [2.05, 4.69) is 123 Å². The van der Waals surface area contributed by atoms with Gasteiger partial charge in [0.1, 0.15) is 5.82 Å². The van der Waals surface area contributed by atoms with Crippen molar-refractivity contribution >= 4 is 81.1 Å². The summed E-state index contributed by atoms with van der Waals surface area (Å²) in [6, 6.07) is 43.5. The van der Waals surface area contributed by atoms with Crippen LogP contribution in [0.4, 0.5) is 4.39 Å². The Balaban J connectivity index is 1.51. The Morgan fingerprint density at radius 2 is 1.26 bits per heavy atom. The van der Waals surface area contributed by atoms with E-state index in [9.17, 15) is 0 Å². The number of nitrogens with one attached hydrogen (secondary N) is 1. The van der Waals surface area contributed by atoms with Gasteiger partial charge >= 0.3 is 0 Å². The van der Waals surface area contributed by atoms with Crippen LogP contribution in [0.2, 0.25) is 0 Å². The van der Waals surface area contributed by atoms with Gasteiger partial charge in [0.2, 0.25) is 0 Å². The molecule has 7 aromatic carbocycles. The number of aromatic nitrogens is 2. The van der Waals surface area contributed by atoms with E-state index < -0.39 is 0 Å². The minimum Gasteiger partial charge on any atom is -0.353 e. The Hall–Kier alpha value is -4.93. The predicted molar refractivity (Wildman–Crippen MR) is 178 cm³/mol. The fraction of sp³-hybridized carbons (Fsp3) is 0. The number of rotatable bonds is 2. The van der Waals surface area contributed by atoms with E-state index >= 15 is 4.39 Å². The number of para-hydroxylation sites is 2. The number of nitrogens with zero attached hydrogens (tertiary/aromatic N) is 1. The second kappa shape index (κ2) is 8.78. The molecule has 9 rings (SSSR count). The van der Waals surface area contributed by atoms with Gasteiger partial charge in [-0.25, -0.2) is 4.39 Å². The lowest BCUT2D eigenvalue weighted by Crippen LogP contribution is -1.98. The molecule has 9 aromatic rings. The fourth-order valence-corrected chi connectivity index (χ4v) is 7.15. The standard InChI is InChI=1S/C38H22BrFN2/c39-25-16-17-27-28-13-7-15-35(37(28)41-33(27)21-25)42-34-14-6-5-12-29(34)36-26-11-4-3-10-24(26)19-31(38(36)42)30-18-22-8-1-2-9-23(22)20-32(30)40/h1-21,41H. The molecule has 4 heteroatoms. The molecule has 0 radical (unpaired) electrons. The van der Waals surface area contributed by atoms with Gasteiger partial charge in [0.05, 0.1) is 22.2 Å². The normalized spacial score (nSPS) is 12.0. The van der Waals surface area contributed by atoms with Crippen molar-refractivity contribution < 1.29 is 4.39 Å². The number of hydrogen-bond acceptors (Lipinski definition) is 0. The molecule has 1 N–H and O–H groups in total. The molecular weight excluding hydrogens is 583 g/mol. The lowest BCUT2D eigenvalue weighted by Gasteiger charge is -2.15. The molecule has 42 heavy (non-hydrogen) atoms. The van der Waals surface area contributed by atoms with Crippen LogP contribution in [0.3, 0.4) is 0 Å². The van der Waals surface area contributed by atoms with Crippen LogP contribution in [0, 0.1) is 5.82 Å². The maximum atomic E-state index is 16.1. The van der Waals surface area contributed by atoms with Crippen molar-refractivity contribution in [2.24, 2.45) is 0 Å². The van der Waals surface area contributed by atoms with E-state index in [1.54, 1.807) is 6.07 Å². The number of aromatic amines is 1. The van der Waals surface area contributed by atoms with Gasteiger partial charge < -0.3 is 9.55 Å². The first-order chi connectivity index (χ1) is 20.7. The molecule has 0 unspecified atom stereocenters. The highest BCUT2D eigenvalue weighted by Crippen LogP contribution is 2.45. The van der Waals surface area contributed by atoms with Crippen LogP contribution in [0.25, 0.3) is 82.0 Å². The van der Waals surface area contributed by atoms with E-state index in [0.29, 0.717) is 5.56 Å². The highest BCUT2D eigenvalue weighted by atomic mass is 79.9. The molecule has 0 aliphatic carbocycles. The minimum absolute atomic E-state index is 0.226. The molecule has 2 nitrogen and oxygen atoms in total. The predicted octanol–water partition coefficient (Wildman–Crippen LogP) is 11.3. The van der Waals surface area contributed by atoms with E-state index in [0.717, 1.165) is 75.5 Å². The van der Waals surface area contributed by atoms with Gasteiger partial charge in [-0.2, -0.15) is 0 Å². The number of H-pyrrole nitrogens is 1. The summed E-state index contributed by atoms with van der Waals surface area (Å²) >= 11 is 3.63. The van der Waals surface area contributed by atoms with Crippen molar-refractivity contribution in [2.45, 2.75) is 0 Å². The van der Waals surface area contributed by atoms with Crippen LogP contribution in [-0.2, 0) is 0 Å². The largest absolute Gasteiger partial charge is 0.353 e. The highest BCUT2D eigenvalue weighted by Gasteiger charge is 2.22. The summed E-state index contributed by atoms with van der Waals surface area (Å²) in [5.74, 6) is -0.226. The molecule has 0 spiro atoms. The molecule has 0 fully saturated rings. The van der Waals surface area contributed by atoms with Crippen molar-refractivity contribution in [3.05, 3.63) is 138 Å². The minimum atomic E-state index is -0.226. The third-order valence-electron chi connectivity index (χ3n) is 8.60. The van der Waals surface area contributed by atoms with E-state index in [1.165, 1.54) is 5.39 Å². The number of fused-ring (bicyclic) bond motifs is 9. The average Bonchev–Trinajstić information content (AvgIpc) is 3.56. The van der Waals surface area contributed by atoms with Crippen molar-refractivity contribution in [1.82, 2.24) is 9.55 Å². The van der Waals surface area contributed by atoms with Crippen molar-refractivity contribution in [3.8, 4) is 16.8 Å². The molecule has 198 valence electrons. The molecule has 2 heterocycles. The second-order valence-electron chi connectivity index (χ2n) is 10.9. The van der Waals surface area contributed by atoms with Crippen molar-refractivity contribution in [1.29, 1.82) is 0 Å². The number of halogens is 2. The number of hydrogen-bond donors (Lipinski definition) is 1. The van der Waals surface area contributed by atoms with E-state index in [1.807, 2.05) is 24.3 Å². The van der Waals surface area contributed by atoms with Crippen LogP contribution in [0.15, 0.2) is 132 Å². The average molecular weight is 606 g/mol. The maximum Gasteiger partial charge on any atom is 0.131 e. The van der Waals surface area contributed by atoms with Gasteiger partial charge in [-0.15, -0.1) is 0 Å². The number of benzene rings is 7. The van der Waals surface area contributed by atoms with E-state index in [4.69, 9.17) is 0 Å². The molecule has 2 aromatic heterocycles. The van der Waals surface area contributed by atoms with E-state index in [-0.39, 0.29) is 5.82 Å². The van der Waals surface area contributed by atoms with Gasteiger partial charge in [0.15, 0.2) is 0 Å². The first kappa shape index (κ1) is 23.7. The summed E-state index contributed by atoms with van der Waals surface area (Å²) in [4.78, 5) is 3.71. The molecule has 0 bridgehead atoms. The van der Waals surface area contributed by atoms with Crippen LogP contribution in [-0.4, -0.2) is 9.55 Å². The Morgan fingerprint density at radius 1 is 0.571 bits per heavy atom. The zero-order chi connectivity index (χ0) is 27.9. The summed E-state index contributed by atoms with van der Waals surface area (Å²) < 4.78 is 19.5. The third-order valence-corrected chi connectivity index (χ3v) is 9.09. The molecule has 0 saturated heterocycles. The summed E-state index contributed by atoms with van der Waals surface area (Å²) in [6.45, 7) is 0. The maximum absolute atomic E-state index is 16.1. The molecule has 0 aliphatic heterocycles. The van der Waals surface area contributed by atoms with Gasteiger partial charge in [0.25, 0.3) is 0 Å². The van der Waals surface area contributed by atoms with Crippen LogP contribution in [0.1, 0.15) is 0 Å². The lowest BCUT2D eigenvalue weighted by molar-refractivity contribution is 0.633. The molecule has 0 aliphatic rings. The molecule has 0 saturated carbocycles. The van der Waals surface area contributed by atoms with Crippen molar-refractivity contribution in [3.63, 3.8) is 0 Å². The zero-order valence-corrected chi connectivity index (χ0v) is 23.9. The van der Waals surface area contributed by atoms with Crippen LogP contribution < -0.4 is 0 Å². The van der Waals surface area contributed by atoms with Crippen LogP contribution >= 0.6 is 15.9 Å². The zero-order valence-electron chi connectivity index (χ0n) is 22.3. The smallest absolute Gasteiger partial charge is 0.131 e. The van der Waals surface area contributed by atoms with Gasteiger partial charge in [-0.1, -0.05) is 101 Å². The Labute approximate surface area is 248 Å². The first-order valence-electron chi connectivity index (χ1n) is 14.0. The third kappa shape index (κ3) is 3.30. The Morgan fingerprint density at radius 3 is 2.12 bits per heavy atom. The summed E-state index contributed by atoms with van der Waals surface area (Å²) in [5.41, 5.74) is 6.70. The monoisotopic (exact) mass is 604 g/mol. The van der Waals surface area contributed by atoms with Gasteiger partial charge in [0, 0.05) is 42.7 Å². The van der Waals surface area contributed by atoms with Crippen molar-refractivity contribution in [2.75, 3.05) is 0 Å². The summed E-state index contributed by atoms with van der Waals surface area (Å²) in [5, 5.41) is 8.74. The quantitative estimate of drug-likeness (QED) is 0.202. The molecular formula is C38H22BrFN2. The topological polar surface area (TPSA) is 20.7 Å². The SMILES string of the molecule is Fc1cc2ccccc2cc1-c1cc2ccccc2c2c3ccccc3n(-c3cccc4c3[nH]c3cc(Br)ccc34)c12. The Kier molecular flexibility index (Phi) is 4.97. The molecule has 0 atom stereocenters. The summed E-state index contributed by atoms with van der Waals surface area (Å²) in [7, 11) is 0. The Bertz CT molecular complexity index is 2550.